The molecule has 0 spiro atoms. The normalized spacial score (nSPS) is 19.0. The molecule has 0 aromatic carbocycles. The average Bonchev–Trinajstić information content (AvgIpc) is 2.64. The van der Waals surface area contributed by atoms with Crippen LogP contribution in [0.5, 0.6) is 0 Å². The Balaban J connectivity index is 2.38. The highest BCUT2D eigenvalue weighted by Crippen LogP contribution is 2.28. The van der Waals surface area contributed by atoms with E-state index < -0.39 is 17.8 Å². The van der Waals surface area contributed by atoms with E-state index in [2.05, 4.69) is 22.3 Å². The summed E-state index contributed by atoms with van der Waals surface area (Å²) in [6.45, 7) is 7.51. The van der Waals surface area contributed by atoms with Crippen molar-refractivity contribution in [2.75, 3.05) is 32.7 Å². The minimum Gasteiger partial charge on any atom is -0.341 e. The predicted molar refractivity (Wildman–Crippen MR) is 79.8 cm³/mol. The average molecular weight is 320 g/mol. The third kappa shape index (κ3) is 6.15. The number of carbonyl (C=O) groups excluding carboxylic acids is 1. The fraction of sp³-hybridized carbons (Fsp3) is 0.714. The van der Waals surface area contributed by atoms with Crippen LogP contribution in [0.4, 0.5) is 13.2 Å². The van der Waals surface area contributed by atoms with Gasteiger partial charge in [-0.2, -0.15) is 13.2 Å². The molecule has 1 fully saturated rings. The van der Waals surface area contributed by atoms with Gasteiger partial charge in [-0.15, -0.1) is 0 Å². The van der Waals surface area contributed by atoms with E-state index in [0.717, 1.165) is 12.7 Å². The van der Waals surface area contributed by atoms with Crippen LogP contribution in [0.2, 0.25) is 0 Å². The van der Waals surface area contributed by atoms with Crippen molar-refractivity contribution >= 4 is 12.6 Å². The largest absolute Gasteiger partial charge is 0.415 e. The van der Waals surface area contributed by atoms with E-state index in [1.807, 2.05) is 0 Å². The first-order valence-corrected chi connectivity index (χ1v) is 7.31. The van der Waals surface area contributed by atoms with Gasteiger partial charge in [0.05, 0.1) is 5.57 Å². The number of halogens is 3. The van der Waals surface area contributed by atoms with Gasteiger partial charge in [-0.05, 0) is 26.6 Å². The molecule has 1 aliphatic heterocycles. The fourth-order valence-corrected chi connectivity index (χ4v) is 2.28. The lowest BCUT2D eigenvalue weighted by atomic mass is 10.1. The van der Waals surface area contributed by atoms with Gasteiger partial charge in [-0.3, -0.25) is 9.79 Å². The van der Waals surface area contributed by atoms with Crippen molar-refractivity contribution in [1.82, 2.24) is 15.5 Å². The number of nitrogens with one attached hydrogen (secondary N) is 2. The molecule has 22 heavy (non-hydrogen) atoms. The van der Waals surface area contributed by atoms with E-state index in [1.54, 1.807) is 4.90 Å². The minimum absolute atomic E-state index is 0.0878. The Morgan fingerprint density at radius 2 is 2.27 bits per heavy atom. The molecule has 1 aliphatic rings. The summed E-state index contributed by atoms with van der Waals surface area (Å²) in [5.74, 6) is 0.0878. The van der Waals surface area contributed by atoms with Crippen molar-refractivity contribution in [1.29, 1.82) is 0 Å². The molecular weight excluding hydrogens is 297 g/mol. The quantitative estimate of drug-likeness (QED) is 0.549. The van der Waals surface area contributed by atoms with Crippen LogP contribution in [0.3, 0.4) is 0 Å². The summed E-state index contributed by atoms with van der Waals surface area (Å²) in [6, 6.07) is -0.869. The molecule has 1 heterocycles. The maximum Gasteiger partial charge on any atom is 0.415 e. The molecule has 8 heteroatoms. The molecule has 1 atom stereocenters. The van der Waals surface area contributed by atoms with Crippen LogP contribution in [-0.4, -0.2) is 62.5 Å². The Morgan fingerprint density at radius 1 is 1.55 bits per heavy atom. The van der Waals surface area contributed by atoms with Gasteiger partial charge >= 0.3 is 6.18 Å². The van der Waals surface area contributed by atoms with E-state index in [9.17, 15) is 18.0 Å². The number of hydrogen-bond donors (Lipinski definition) is 2. The number of hydrogen-bond acceptors (Lipinski definition) is 4. The fourth-order valence-electron chi connectivity index (χ4n) is 2.28. The Labute approximate surface area is 128 Å². The highest BCUT2D eigenvalue weighted by atomic mass is 19.4. The second kappa shape index (κ2) is 8.89. The highest BCUT2D eigenvalue weighted by molar-refractivity contribution is 5.76. The van der Waals surface area contributed by atoms with Crippen LogP contribution in [0, 0.1) is 0 Å². The van der Waals surface area contributed by atoms with Crippen molar-refractivity contribution in [3.05, 3.63) is 11.8 Å². The van der Waals surface area contributed by atoms with E-state index in [-0.39, 0.29) is 5.91 Å². The lowest BCUT2D eigenvalue weighted by Gasteiger charge is -2.22. The molecule has 2 N–H and O–H groups in total. The Kier molecular flexibility index (Phi) is 7.53. The van der Waals surface area contributed by atoms with Crippen LogP contribution in [0.25, 0.3) is 0 Å². The number of alkyl halides is 3. The SMILES string of the molecule is C=N/C=C(\C(C)NCCCN1CCNCCC1=O)C(F)(F)F. The van der Waals surface area contributed by atoms with Crippen LogP contribution in [-0.2, 0) is 4.79 Å². The number of rotatable bonds is 7. The summed E-state index contributed by atoms with van der Waals surface area (Å²) in [7, 11) is 0. The van der Waals surface area contributed by atoms with Gasteiger partial charge in [0.2, 0.25) is 5.91 Å². The third-order valence-electron chi connectivity index (χ3n) is 3.51. The second-order valence-corrected chi connectivity index (χ2v) is 5.17. The summed E-state index contributed by atoms with van der Waals surface area (Å²) in [5, 5.41) is 5.95. The van der Waals surface area contributed by atoms with Gasteiger partial charge in [0.25, 0.3) is 0 Å². The number of amides is 1. The van der Waals surface area contributed by atoms with E-state index in [1.165, 1.54) is 6.92 Å². The van der Waals surface area contributed by atoms with Gasteiger partial charge < -0.3 is 15.5 Å². The van der Waals surface area contributed by atoms with Gasteiger partial charge in [0.15, 0.2) is 0 Å². The molecule has 1 saturated heterocycles. The highest BCUT2D eigenvalue weighted by Gasteiger charge is 2.36. The van der Waals surface area contributed by atoms with Crippen LogP contribution >= 0.6 is 0 Å². The number of nitrogens with zero attached hydrogens (tertiary/aromatic N) is 2. The first-order valence-electron chi connectivity index (χ1n) is 7.31. The molecule has 0 bridgehead atoms. The standard InChI is InChI=1S/C14H23F3N4O/c1-11(12(10-18-2)14(15,16)17)20-5-3-8-21-9-7-19-6-4-13(21)22/h10-11,19-20H,2-9H2,1H3/b12-10+. The molecule has 1 rings (SSSR count). The Morgan fingerprint density at radius 3 is 2.91 bits per heavy atom. The summed E-state index contributed by atoms with van der Waals surface area (Å²) >= 11 is 0. The van der Waals surface area contributed by atoms with Gasteiger partial charge in [-0.1, -0.05) is 0 Å². The topological polar surface area (TPSA) is 56.7 Å². The molecule has 0 aromatic heterocycles. The number of aliphatic imine (C=N–C) groups is 1. The summed E-state index contributed by atoms with van der Waals surface area (Å²) in [4.78, 5) is 16.7. The first-order chi connectivity index (χ1) is 10.4. The zero-order chi connectivity index (χ0) is 16.6. The Hall–Kier alpha value is -1.41. The van der Waals surface area contributed by atoms with E-state index >= 15 is 0 Å². The zero-order valence-corrected chi connectivity index (χ0v) is 12.7. The molecule has 1 unspecified atom stereocenters. The molecule has 0 radical (unpaired) electrons. The molecule has 126 valence electrons. The van der Waals surface area contributed by atoms with Gasteiger partial charge in [0.1, 0.15) is 0 Å². The van der Waals surface area contributed by atoms with Gasteiger partial charge in [0, 0.05) is 44.8 Å². The van der Waals surface area contributed by atoms with Crippen LogP contribution in [0.1, 0.15) is 19.8 Å². The summed E-state index contributed by atoms with van der Waals surface area (Å²) < 4.78 is 38.4. The van der Waals surface area contributed by atoms with Crippen molar-refractivity contribution in [3.8, 4) is 0 Å². The first kappa shape index (κ1) is 18.6. The minimum atomic E-state index is -4.43. The monoisotopic (exact) mass is 320 g/mol. The lowest BCUT2D eigenvalue weighted by molar-refractivity contribution is -0.130. The van der Waals surface area contributed by atoms with Crippen molar-refractivity contribution < 1.29 is 18.0 Å². The van der Waals surface area contributed by atoms with Crippen LogP contribution < -0.4 is 10.6 Å². The molecular formula is C14H23F3N4O. The molecule has 1 amide bonds. The van der Waals surface area contributed by atoms with Crippen molar-refractivity contribution in [3.63, 3.8) is 0 Å². The van der Waals surface area contributed by atoms with E-state index in [0.29, 0.717) is 39.0 Å². The molecule has 0 aromatic rings. The maximum absolute atomic E-state index is 12.8. The van der Waals surface area contributed by atoms with Crippen molar-refractivity contribution in [2.45, 2.75) is 32.0 Å². The molecule has 0 saturated carbocycles. The smallest absolute Gasteiger partial charge is 0.341 e. The second-order valence-electron chi connectivity index (χ2n) is 5.17. The summed E-state index contributed by atoms with van der Waals surface area (Å²) in [5.41, 5.74) is -0.752. The maximum atomic E-state index is 12.8. The molecule has 5 nitrogen and oxygen atoms in total. The molecule has 0 aliphatic carbocycles. The van der Waals surface area contributed by atoms with Crippen molar-refractivity contribution in [2.24, 2.45) is 4.99 Å². The Bertz CT molecular complexity index is 409. The van der Waals surface area contributed by atoms with E-state index in [4.69, 9.17) is 0 Å². The van der Waals surface area contributed by atoms with Crippen LogP contribution in [0.15, 0.2) is 16.8 Å². The third-order valence-corrected chi connectivity index (χ3v) is 3.51. The lowest BCUT2D eigenvalue weighted by Crippen LogP contribution is -2.38. The predicted octanol–water partition coefficient (Wildman–Crippen LogP) is 1.32. The number of carbonyl (C=O) groups is 1. The summed E-state index contributed by atoms with van der Waals surface area (Å²) in [6.07, 6.45) is -2.62. The van der Waals surface area contributed by atoms with Gasteiger partial charge in [-0.25, -0.2) is 0 Å². The zero-order valence-electron chi connectivity index (χ0n) is 12.7.